The lowest BCUT2D eigenvalue weighted by Gasteiger charge is -2.06. The minimum absolute atomic E-state index is 0.872. The molecular formula is C82H114O2S8. The van der Waals surface area contributed by atoms with Gasteiger partial charge in [0.05, 0.1) is 9.75 Å². The van der Waals surface area contributed by atoms with Gasteiger partial charge in [-0.3, -0.25) is 9.59 Å². The minimum atomic E-state index is 0.872. The standard InChI is InChI=1S/C82H114O2S8/c1-9-17-25-33-41-59-49-67(57-83)85-75(59)77-61(43-35-27-19-11-3)51-69(87-77)71-53-63(45-37-29-21-13-5)79(89-71)81-65(47-39-31-23-15-7)55-73(91-81)74-56-66(48-40-32-24-16-8)82(92-74)80-64(46-38-30-22-14-6)54-72(90-80)70-52-62(44-36-28-20-12-4)78(88-70)76-60(42-34-26-18-10-2)50-68(58-84)86-76/h49-58H,9-48H2,1-8H3. The van der Waals surface area contributed by atoms with E-state index in [-0.39, 0.29) is 0 Å². The fraction of sp³-hybridized carbons (Fsp3) is 0.585. The molecule has 0 saturated heterocycles. The molecule has 0 amide bonds. The predicted molar refractivity (Wildman–Crippen MR) is 421 cm³/mol. The molecule has 0 fully saturated rings. The maximum Gasteiger partial charge on any atom is 0.160 e. The highest BCUT2D eigenvalue weighted by Gasteiger charge is 2.27. The van der Waals surface area contributed by atoms with Crippen LogP contribution in [-0.2, 0) is 51.4 Å². The molecule has 0 aliphatic rings. The van der Waals surface area contributed by atoms with Crippen molar-refractivity contribution in [1.82, 2.24) is 0 Å². The largest absolute Gasteiger partial charge is 0.297 e. The van der Waals surface area contributed by atoms with E-state index in [1.54, 1.807) is 44.9 Å². The van der Waals surface area contributed by atoms with Crippen LogP contribution in [0.3, 0.4) is 0 Å². The van der Waals surface area contributed by atoms with Crippen molar-refractivity contribution in [2.75, 3.05) is 0 Å². The maximum atomic E-state index is 12.5. The van der Waals surface area contributed by atoms with Crippen molar-refractivity contribution in [3.63, 3.8) is 0 Å². The van der Waals surface area contributed by atoms with E-state index in [1.165, 1.54) is 296 Å². The normalized spacial score (nSPS) is 11.8. The van der Waals surface area contributed by atoms with Gasteiger partial charge >= 0.3 is 0 Å². The Morgan fingerprint density at radius 1 is 0.207 bits per heavy atom. The SMILES string of the molecule is CCCCCCc1cc(C=O)sc1-c1sc(-c2cc(CCCCCC)c(-c3sc(-c4cc(CCCCCC)c(-c5sc(-c6cc(CCCCCC)c(-c7sc(C=O)cc7CCCCCC)s6)cc5CCCCCC)s4)cc3CCCCCC)s2)cc1CCCCCC. The number of thiophene rings is 8. The Balaban J connectivity index is 1.24. The van der Waals surface area contributed by atoms with Gasteiger partial charge in [0.1, 0.15) is 0 Å². The topological polar surface area (TPSA) is 34.1 Å². The molecule has 8 heterocycles. The van der Waals surface area contributed by atoms with Gasteiger partial charge in [0, 0.05) is 68.3 Å². The molecule has 92 heavy (non-hydrogen) atoms. The van der Waals surface area contributed by atoms with Crippen molar-refractivity contribution in [2.45, 2.75) is 312 Å². The minimum Gasteiger partial charge on any atom is -0.297 e. The van der Waals surface area contributed by atoms with Crippen molar-refractivity contribution in [2.24, 2.45) is 0 Å². The van der Waals surface area contributed by atoms with Crippen LogP contribution in [0.15, 0.2) is 48.5 Å². The summed E-state index contributed by atoms with van der Waals surface area (Å²) in [5.74, 6) is 0. The van der Waals surface area contributed by atoms with E-state index in [1.807, 2.05) is 22.7 Å². The molecule has 0 aliphatic heterocycles. The summed E-state index contributed by atoms with van der Waals surface area (Å²) in [6, 6.07) is 20.2. The average Bonchev–Trinajstić information content (AvgIpc) is 1.65. The van der Waals surface area contributed by atoms with E-state index in [0.717, 1.165) is 73.7 Å². The van der Waals surface area contributed by atoms with Gasteiger partial charge < -0.3 is 0 Å². The Kier molecular flexibility index (Phi) is 33.5. The quantitative estimate of drug-likeness (QED) is 0.0281. The zero-order chi connectivity index (χ0) is 64.9. The van der Waals surface area contributed by atoms with E-state index in [2.05, 4.69) is 149 Å². The molecule has 2 nitrogen and oxygen atoms in total. The summed E-state index contributed by atoms with van der Waals surface area (Å²) >= 11 is 15.9. The van der Waals surface area contributed by atoms with Crippen LogP contribution in [0.1, 0.15) is 325 Å². The second-order valence-electron chi connectivity index (χ2n) is 26.5. The Morgan fingerprint density at radius 2 is 0.359 bits per heavy atom. The Morgan fingerprint density at radius 3 is 0.511 bits per heavy atom. The Hall–Kier alpha value is -3.06. The summed E-state index contributed by atoms with van der Waals surface area (Å²) in [6.45, 7) is 18.6. The highest BCUT2D eigenvalue weighted by Crippen LogP contribution is 2.54. The summed E-state index contributed by atoms with van der Waals surface area (Å²) in [6.07, 6.45) is 51.0. The molecule has 0 aromatic carbocycles. The number of unbranched alkanes of at least 4 members (excludes halogenated alkanes) is 24. The molecule has 0 radical (unpaired) electrons. The number of hydrogen-bond donors (Lipinski definition) is 0. The third kappa shape index (κ3) is 21.5. The molecule has 0 N–H and O–H groups in total. The van der Waals surface area contributed by atoms with Crippen LogP contribution in [0, 0.1) is 0 Å². The van der Waals surface area contributed by atoms with Gasteiger partial charge in [-0.15, -0.1) is 90.7 Å². The lowest BCUT2D eigenvalue weighted by Crippen LogP contribution is -1.89. The lowest BCUT2D eigenvalue weighted by molar-refractivity contribution is 0.111. The van der Waals surface area contributed by atoms with Crippen LogP contribution < -0.4 is 0 Å². The summed E-state index contributed by atoms with van der Waals surface area (Å²) in [4.78, 5) is 46.9. The molecule has 0 spiro atoms. The second-order valence-corrected chi connectivity index (χ2v) is 35.0. The molecule has 8 rings (SSSR count). The first-order valence-corrected chi connectivity index (χ1v) is 43.7. The van der Waals surface area contributed by atoms with Gasteiger partial charge in [-0.25, -0.2) is 0 Å². The number of aryl methyl sites for hydroxylation is 8. The Labute approximate surface area is 591 Å². The van der Waals surface area contributed by atoms with E-state index < -0.39 is 0 Å². The van der Waals surface area contributed by atoms with Crippen LogP contribution >= 0.6 is 90.7 Å². The molecule has 8 aromatic rings. The first kappa shape index (κ1) is 74.7. The molecular weight excluding hydrogens is 1270 g/mol. The van der Waals surface area contributed by atoms with Gasteiger partial charge in [0.2, 0.25) is 0 Å². The number of hydrogen-bond acceptors (Lipinski definition) is 10. The fourth-order valence-electron chi connectivity index (χ4n) is 13.3. The van der Waals surface area contributed by atoms with Crippen LogP contribution in [0.4, 0.5) is 0 Å². The summed E-state index contributed by atoms with van der Waals surface area (Å²) < 4.78 is 0. The van der Waals surface area contributed by atoms with Crippen molar-refractivity contribution in [3.8, 4) is 68.3 Å². The zero-order valence-electron chi connectivity index (χ0n) is 58.1. The summed E-state index contributed by atoms with van der Waals surface area (Å²) in [5, 5.41) is 0. The van der Waals surface area contributed by atoms with Crippen LogP contribution in [0.25, 0.3) is 68.3 Å². The number of carbonyl (C=O) groups excluding carboxylic acids is 2. The monoisotopic (exact) mass is 1390 g/mol. The van der Waals surface area contributed by atoms with E-state index in [0.29, 0.717) is 0 Å². The molecule has 502 valence electrons. The fourth-order valence-corrected chi connectivity index (χ4v) is 23.6. The predicted octanol–water partition coefficient (Wildman–Crippen LogP) is 30.5. The smallest absolute Gasteiger partial charge is 0.160 e. The number of rotatable bonds is 49. The highest BCUT2D eigenvalue weighted by atomic mass is 32.1. The summed E-state index contributed by atoms with van der Waals surface area (Å²) in [5.41, 5.74) is 12.0. The molecule has 0 unspecified atom stereocenters. The van der Waals surface area contributed by atoms with E-state index in [9.17, 15) is 9.59 Å². The van der Waals surface area contributed by atoms with Crippen molar-refractivity contribution in [1.29, 1.82) is 0 Å². The molecule has 0 atom stereocenters. The van der Waals surface area contributed by atoms with Gasteiger partial charge in [-0.2, -0.15) is 0 Å². The second kappa shape index (κ2) is 41.3. The van der Waals surface area contributed by atoms with E-state index >= 15 is 0 Å². The van der Waals surface area contributed by atoms with Crippen LogP contribution in [-0.4, -0.2) is 12.6 Å². The average molecular weight is 1390 g/mol. The molecule has 10 heteroatoms. The molecule has 0 bridgehead atoms. The summed E-state index contributed by atoms with van der Waals surface area (Å²) in [7, 11) is 0. The van der Waals surface area contributed by atoms with Gasteiger partial charge in [0.15, 0.2) is 12.6 Å². The third-order valence-corrected chi connectivity index (χ3v) is 29.2. The first-order chi connectivity index (χ1) is 45.2. The van der Waals surface area contributed by atoms with Gasteiger partial charge in [-0.1, -0.05) is 209 Å². The number of aldehydes is 2. The van der Waals surface area contributed by atoms with E-state index in [4.69, 9.17) is 0 Å². The van der Waals surface area contributed by atoms with Crippen LogP contribution in [0.5, 0.6) is 0 Å². The van der Waals surface area contributed by atoms with Crippen LogP contribution in [0.2, 0.25) is 0 Å². The highest BCUT2D eigenvalue weighted by molar-refractivity contribution is 7.32. The molecule has 8 aromatic heterocycles. The van der Waals surface area contributed by atoms with Crippen molar-refractivity contribution in [3.05, 3.63) is 103 Å². The molecule has 0 aliphatic carbocycles. The van der Waals surface area contributed by atoms with Gasteiger partial charge in [-0.05, 0) is 196 Å². The van der Waals surface area contributed by atoms with Gasteiger partial charge in [0.25, 0.3) is 0 Å². The molecule has 0 saturated carbocycles. The Bertz CT molecular complexity index is 3180. The zero-order valence-corrected chi connectivity index (χ0v) is 64.7. The number of carbonyl (C=O) groups is 2. The van der Waals surface area contributed by atoms with Crippen molar-refractivity contribution >= 4 is 103 Å². The first-order valence-electron chi connectivity index (χ1n) is 37.2. The third-order valence-electron chi connectivity index (χ3n) is 18.7. The van der Waals surface area contributed by atoms with Crippen molar-refractivity contribution < 1.29 is 9.59 Å². The maximum absolute atomic E-state index is 12.5. The lowest BCUT2D eigenvalue weighted by atomic mass is 10.0.